The van der Waals surface area contributed by atoms with Crippen molar-refractivity contribution in [3.8, 4) is 0 Å². The second kappa shape index (κ2) is 8.29. The molecule has 1 aromatic carbocycles. The Bertz CT molecular complexity index is 485. The molecule has 3 nitrogen and oxygen atoms in total. The normalized spacial score (nSPS) is 21.5. The molecule has 0 aliphatic carbocycles. The molecule has 0 saturated carbocycles. The van der Waals surface area contributed by atoms with Gasteiger partial charge >= 0.3 is 0 Å². The fourth-order valence-electron chi connectivity index (χ4n) is 2.55. The van der Waals surface area contributed by atoms with Crippen LogP contribution >= 0.6 is 12.4 Å². The van der Waals surface area contributed by atoms with Gasteiger partial charge in [0.1, 0.15) is 0 Å². The molecule has 1 aliphatic heterocycles. The van der Waals surface area contributed by atoms with Gasteiger partial charge in [0.25, 0.3) is 0 Å². The molecule has 21 heavy (non-hydrogen) atoms. The summed E-state index contributed by atoms with van der Waals surface area (Å²) >= 11 is 0. The van der Waals surface area contributed by atoms with Crippen LogP contribution in [0.1, 0.15) is 31.7 Å². The number of hydrogen-bond donors (Lipinski definition) is 2. The maximum absolute atomic E-state index is 13.4. The average Bonchev–Trinajstić information content (AvgIpc) is 2.40. The molecule has 1 amide bonds. The molecule has 0 bridgehead atoms. The Morgan fingerprint density at radius 2 is 2.19 bits per heavy atom. The Kier molecular flexibility index (Phi) is 7.05. The van der Waals surface area contributed by atoms with Gasteiger partial charge in [-0.25, -0.2) is 8.78 Å². The third-order valence-corrected chi connectivity index (χ3v) is 3.64. The highest BCUT2D eigenvalue weighted by Crippen LogP contribution is 2.13. The van der Waals surface area contributed by atoms with Crippen molar-refractivity contribution < 1.29 is 13.6 Å². The average molecular weight is 319 g/mol. The van der Waals surface area contributed by atoms with E-state index in [1.54, 1.807) is 0 Å². The second-order valence-electron chi connectivity index (χ2n) is 5.36. The van der Waals surface area contributed by atoms with Gasteiger partial charge in [-0.1, -0.05) is 12.1 Å². The summed E-state index contributed by atoms with van der Waals surface area (Å²) in [7, 11) is 0. The van der Waals surface area contributed by atoms with E-state index in [1.807, 2.05) is 0 Å². The van der Waals surface area contributed by atoms with E-state index in [0.717, 1.165) is 25.5 Å². The first-order valence-electron chi connectivity index (χ1n) is 7.02. The van der Waals surface area contributed by atoms with Crippen molar-refractivity contribution in [1.29, 1.82) is 0 Å². The molecule has 0 aromatic heterocycles. The summed E-state index contributed by atoms with van der Waals surface area (Å²) in [5.41, 5.74) is 0.249. The highest BCUT2D eigenvalue weighted by atomic mass is 35.5. The number of carbonyl (C=O) groups is 1. The largest absolute Gasteiger partial charge is 0.353 e. The van der Waals surface area contributed by atoms with E-state index in [-0.39, 0.29) is 42.8 Å². The lowest BCUT2D eigenvalue weighted by molar-refractivity contribution is -0.122. The first-order chi connectivity index (χ1) is 9.56. The minimum absolute atomic E-state index is 0. The molecular weight excluding hydrogens is 298 g/mol. The van der Waals surface area contributed by atoms with Gasteiger partial charge in [-0.05, 0) is 44.4 Å². The Balaban J connectivity index is 0.00000220. The van der Waals surface area contributed by atoms with Crippen molar-refractivity contribution in [2.75, 3.05) is 6.54 Å². The number of amides is 1. The van der Waals surface area contributed by atoms with Gasteiger partial charge in [0.15, 0.2) is 11.6 Å². The van der Waals surface area contributed by atoms with Crippen molar-refractivity contribution in [2.45, 2.75) is 44.7 Å². The van der Waals surface area contributed by atoms with Crippen LogP contribution in [0.3, 0.4) is 0 Å². The molecule has 1 aliphatic rings. The Hall–Kier alpha value is -1.20. The van der Waals surface area contributed by atoms with E-state index in [0.29, 0.717) is 6.04 Å². The topological polar surface area (TPSA) is 41.1 Å². The van der Waals surface area contributed by atoms with Gasteiger partial charge in [0, 0.05) is 18.5 Å². The van der Waals surface area contributed by atoms with Gasteiger partial charge in [-0.2, -0.15) is 0 Å². The van der Waals surface area contributed by atoms with Crippen LogP contribution in [0.4, 0.5) is 8.78 Å². The Morgan fingerprint density at radius 1 is 1.43 bits per heavy atom. The van der Waals surface area contributed by atoms with E-state index in [1.165, 1.54) is 12.1 Å². The van der Waals surface area contributed by atoms with Crippen LogP contribution in [-0.2, 0) is 11.2 Å². The molecule has 1 aromatic rings. The lowest BCUT2D eigenvalue weighted by atomic mass is 10.0. The summed E-state index contributed by atoms with van der Waals surface area (Å²) in [5.74, 6) is -1.82. The maximum Gasteiger partial charge on any atom is 0.220 e. The fourth-order valence-corrected chi connectivity index (χ4v) is 2.55. The molecule has 1 heterocycles. The van der Waals surface area contributed by atoms with Crippen molar-refractivity contribution in [3.63, 3.8) is 0 Å². The zero-order valence-electron chi connectivity index (χ0n) is 12.0. The van der Waals surface area contributed by atoms with E-state index in [9.17, 15) is 13.6 Å². The predicted molar refractivity (Wildman–Crippen MR) is 80.6 cm³/mol. The first-order valence-corrected chi connectivity index (χ1v) is 7.02. The van der Waals surface area contributed by atoms with Crippen molar-refractivity contribution in [2.24, 2.45) is 0 Å². The van der Waals surface area contributed by atoms with Gasteiger partial charge in [-0.3, -0.25) is 4.79 Å². The summed E-state index contributed by atoms with van der Waals surface area (Å²) in [5, 5.41) is 6.27. The molecule has 1 saturated heterocycles. The number of aryl methyl sites for hydroxylation is 1. The summed E-state index contributed by atoms with van der Waals surface area (Å²) in [4.78, 5) is 11.8. The molecule has 2 atom stereocenters. The number of nitrogens with one attached hydrogen (secondary N) is 2. The van der Waals surface area contributed by atoms with Crippen molar-refractivity contribution >= 4 is 18.3 Å². The van der Waals surface area contributed by atoms with Crippen LogP contribution in [0.25, 0.3) is 0 Å². The van der Waals surface area contributed by atoms with Crippen LogP contribution in [0.2, 0.25) is 0 Å². The molecule has 0 radical (unpaired) electrons. The van der Waals surface area contributed by atoms with Gasteiger partial charge < -0.3 is 10.6 Å². The summed E-state index contributed by atoms with van der Waals surface area (Å²) in [6.45, 7) is 2.98. The van der Waals surface area contributed by atoms with E-state index < -0.39 is 11.6 Å². The number of piperidine rings is 1. The number of rotatable bonds is 4. The van der Waals surface area contributed by atoms with Crippen molar-refractivity contribution in [1.82, 2.24) is 10.6 Å². The highest BCUT2D eigenvalue weighted by molar-refractivity contribution is 5.85. The van der Waals surface area contributed by atoms with Crippen LogP contribution in [0.15, 0.2) is 18.2 Å². The fraction of sp³-hybridized carbons (Fsp3) is 0.533. The van der Waals surface area contributed by atoms with Crippen LogP contribution < -0.4 is 10.6 Å². The Labute approximate surface area is 129 Å². The SMILES string of the molecule is CC1CC(NC(=O)CCc2cccc(F)c2F)CCN1.Cl. The van der Waals surface area contributed by atoms with Gasteiger partial charge in [0.05, 0.1) is 0 Å². The molecule has 6 heteroatoms. The molecular formula is C15H21ClF2N2O. The second-order valence-corrected chi connectivity index (χ2v) is 5.36. The monoisotopic (exact) mass is 318 g/mol. The lowest BCUT2D eigenvalue weighted by Gasteiger charge is -2.28. The maximum atomic E-state index is 13.4. The minimum atomic E-state index is -0.866. The van der Waals surface area contributed by atoms with E-state index >= 15 is 0 Å². The molecule has 2 N–H and O–H groups in total. The molecule has 1 fully saturated rings. The summed E-state index contributed by atoms with van der Waals surface area (Å²) < 4.78 is 26.5. The standard InChI is InChI=1S/C15H20F2N2O.ClH/c1-10-9-12(7-8-18-10)19-14(20)6-5-11-3-2-4-13(16)15(11)17;/h2-4,10,12,18H,5-9H2,1H3,(H,19,20);1H. The van der Waals surface area contributed by atoms with Crippen LogP contribution in [0, 0.1) is 11.6 Å². The zero-order valence-corrected chi connectivity index (χ0v) is 12.8. The molecule has 2 unspecified atom stereocenters. The first kappa shape index (κ1) is 17.9. The third kappa shape index (κ3) is 5.25. The Morgan fingerprint density at radius 3 is 2.90 bits per heavy atom. The number of benzene rings is 1. The minimum Gasteiger partial charge on any atom is -0.353 e. The molecule has 2 rings (SSSR count). The van der Waals surface area contributed by atoms with E-state index in [2.05, 4.69) is 17.6 Å². The highest BCUT2D eigenvalue weighted by Gasteiger charge is 2.20. The van der Waals surface area contributed by atoms with Crippen LogP contribution in [-0.4, -0.2) is 24.5 Å². The smallest absolute Gasteiger partial charge is 0.220 e. The van der Waals surface area contributed by atoms with E-state index in [4.69, 9.17) is 0 Å². The summed E-state index contributed by atoms with van der Waals surface area (Å²) in [6.07, 6.45) is 2.21. The van der Waals surface area contributed by atoms with Crippen LogP contribution in [0.5, 0.6) is 0 Å². The number of hydrogen-bond acceptors (Lipinski definition) is 2. The summed E-state index contributed by atoms with van der Waals surface area (Å²) in [6, 6.07) is 4.62. The van der Waals surface area contributed by atoms with Crippen molar-refractivity contribution in [3.05, 3.63) is 35.4 Å². The third-order valence-electron chi connectivity index (χ3n) is 3.64. The number of halogens is 3. The van der Waals surface area contributed by atoms with Gasteiger partial charge in [-0.15, -0.1) is 12.4 Å². The molecule has 0 spiro atoms. The lowest BCUT2D eigenvalue weighted by Crippen LogP contribution is -2.46. The quantitative estimate of drug-likeness (QED) is 0.896. The predicted octanol–water partition coefficient (Wildman–Crippen LogP) is 2.58. The number of carbonyl (C=O) groups excluding carboxylic acids is 1. The molecule has 118 valence electrons. The van der Waals surface area contributed by atoms with Gasteiger partial charge in [0.2, 0.25) is 5.91 Å². The zero-order chi connectivity index (χ0) is 14.5.